The van der Waals surface area contributed by atoms with Gasteiger partial charge in [-0.3, -0.25) is 0 Å². The van der Waals surface area contributed by atoms with Crippen LogP contribution in [0.1, 0.15) is 19.4 Å². The van der Waals surface area contributed by atoms with Crippen molar-refractivity contribution >= 4 is 23.1 Å². The number of nitrogens with two attached hydrogens (primary N) is 1. The van der Waals surface area contributed by atoms with Crippen LogP contribution in [0.2, 0.25) is 0 Å². The quantitative estimate of drug-likeness (QED) is 0.788. The average Bonchev–Trinajstić information content (AvgIpc) is 2.27. The maximum atomic E-state index is 8.75. The van der Waals surface area contributed by atoms with E-state index in [0.29, 0.717) is 11.3 Å². The van der Waals surface area contributed by atoms with Gasteiger partial charge < -0.3 is 11.1 Å². The molecule has 1 aromatic rings. The van der Waals surface area contributed by atoms with Crippen LogP contribution >= 0.6 is 11.8 Å². The highest BCUT2D eigenvalue weighted by atomic mass is 32.2. The summed E-state index contributed by atoms with van der Waals surface area (Å²) in [6.07, 6.45) is 2.09. The fourth-order valence-electron chi connectivity index (χ4n) is 1.16. The molecule has 0 saturated carbocycles. The molecule has 3 nitrogen and oxygen atoms in total. The molecule has 1 aromatic carbocycles. The summed E-state index contributed by atoms with van der Waals surface area (Å²) in [5.41, 5.74) is 7.74. The molecule has 0 bridgehead atoms. The zero-order chi connectivity index (χ0) is 12.2. The molecule has 0 amide bonds. The van der Waals surface area contributed by atoms with Crippen molar-refractivity contribution in [3.63, 3.8) is 0 Å². The molecule has 0 heterocycles. The zero-order valence-electron chi connectivity index (χ0n) is 9.87. The van der Waals surface area contributed by atoms with E-state index >= 15 is 0 Å². The van der Waals surface area contributed by atoms with Gasteiger partial charge in [-0.25, -0.2) is 0 Å². The molecule has 0 aliphatic carbocycles. The predicted molar refractivity (Wildman–Crippen MR) is 71.7 cm³/mol. The summed E-state index contributed by atoms with van der Waals surface area (Å²) in [5.74, 6) is 0. The van der Waals surface area contributed by atoms with Crippen LogP contribution in [0.4, 0.5) is 11.4 Å². The highest BCUT2D eigenvalue weighted by molar-refractivity contribution is 7.99. The van der Waals surface area contributed by atoms with E-state index in [2.05, 4.69) is 25.4 Å². The smallest absolute Gasteiger partial charge is 0.101 e. The van der Waals surface area contributed by atoms with Gasteiger partial charge in [0.2, 0.25) is 0 Å². The first-order valence-corrected chi connectivity index (χ1v) is 6.29. The number of nitrogens with zero attached hydrogens (tertiary/aromatic N) is 1. The molecule has 0 aliphatic rings. The molecule has 0 aromatic heterocycles. The van der Waals surface area contributed by atoms with E-state index in [1.165, 1.54) is 0 Å². The fraction of sp³-hybridized carbons (Fsp3) is 0.417. The summed E-state index contributed by atoms with van der Waals surface area (Å²) in [4.78, 5) is 0. The Hall–Kier alpha value is -1.34. The van der Waals surface area contributed by atoms with Crippen LogP contribution in [0.15, 0.2) is 18.2 Å². The van der Waals surface area contributed by atoms with Crippen molar-refractivity contribution in [2.75, 3.05) is 23.9 Å². The number of thioether (sulfide) groups is 1. The van der Waals surface area contributed by atoms with Gasteiger partial charge in [0.15, 0.2) is 0 Å². The second-order valence-corrected chi connectivity index (χ2v) is 5.74. The van der Waals surface area contributed by atoms with E-state index in [-0.39, 0.29) is 4.75 Å². The van der Waals surface area contributed by atoms with Crippen molar-refractivity contribution in [1.82, 2.24) is 0 Å². The molecule has 0 saturated heterocycles. The Bertz CT molecular complexity index is 407. The summed E-state index contributed by atoms with van der Waals surface area (Å²) in [5, 5.41) is 12.1. The maximum Gasteiger partial charge on any atom is 0.101 e. The van der Waals surface area contributed by atoms with Crippen molar-refractivity contribution in [3.05, 3.63) is 23.8 Å². The molecule has 4 heteroatoms. The van der Waals surface area contributed by atoms with Crippen LogP contribution in [0.5, 0.6) is 0 Å². The highest BCUT2D eigenvalue weighted by Crippen LogP contribution is 2.23. The van der Waals surface area contributed by atoms with Gasteiger partial charge >= 0.3 is 0 Å². The molecule has 0 atom stereocenters. The van der Waals surface area contributed by atoms with Crippen molar-refractivity contribution < 1.29 is 0 Å². The van der Waals surface area contributed by atoms with Gasteiger partial charge in [0.05, 0.1) is 11.3 Å². The summed E-state index contributed by atoms with van der Waals surface area (Å²) in [6, 6.07) is 7.47. The second kappa shape index (κ2) is 5.13. The number of hydrogen-bond donors (Lipinski definition) is 2. The Balaban J connectivity index is 2.70. The standard InChI is InChI=1S/C12H17N3S/c1-12(2,16-3)8-15-10-5-4-9(7-13)11(14)6-10/h4-6,15H,8,14H2,1-3H3. The lowest BCUT2D eigenvalue weighted by Crippen LogP contribution is -2.25. The van der Waals surface area contributed by atoms with E-state index in [9.17, 15) is 0 Å². The van der Waals surface area contributed by atoms with Crippen LogP contribution in [-0.4, -0.2) is 17.5 Å². The lowest BCUT2D eigenvalue weighted by Gasteiger charge is -2.23. The average molecular weight is 235 g/mol. The van der Waals surface area contributed by atoms with Gasteiger partial charge in [-0.15, -0.1) is 0 Å². The Morgan fingerprint density at radius 1 is 1.50 bits per heavy atom. The minimum Gasteiger partial charge on any atom is -0.398 e. The first-order valence-electron chi connectivity index (χ1n) is 5.07. The zero-order valence-corrected chi connectivity index (χ0v) is 10.7. The molecule has 16 heavy (non-hydrogen) atoms. The largest absolute Gasteiger partial charge is 0.398 e. The number of hydrogen-bond acceptors (Lipinski definition) is 4. The number of nitrogen functional groups attached to an aromatic ring is 1. The van der Waals surface area contributed by atoms with Gasteiger partial charge in [-0.1, -0.05) is 0 Å². The lowest BCUT2D eigenvalue weighted by molar-refractivity contribution is 0.753. The normalized spacial score (nSPS) is 10.9. The number of nitrogens with one attached hydrogen (secondary N) is 1. The Kier molecular flexibility index (Phi) is 4.08. The molecular formula is C12H17N3S. The van der Waals surface area contributed by atoms with Gasteiger partial charge in [0.25, 0.3) is 0 Å². The molecule has 0 spiro atoms. The van der Waals surface area contributed by atoms with Crippen molar-refractivity contribution in [2.24, 2.45) is 0 Å². The van der Waals surface area contributed by atoms with Crippen LogP contribution in [0.3, 0.4) is 0 Å². The predicted octanol–water partition coefficient (Wildman–Crippen LogP) is 2.69. The third-order valence-corrected chi connectivity index (χ3v) is 3.69. The number of anilines is 2. The van der Waals surface area contributed by atoms with Crippen molar-refractivity contribution in [2.45, 2.75) is 18.6 Å². The van der Waals surface area contributed by atoms with Crippen molar-refractivity contribution in [1.29, 1.82) is 5.26 Å². The summed E-state index contributed by atoms with van der Waals surface area (Å²) >= 11 is 1.81. The molecule has 86 valence electrons. The molecule has 0 aliphatic heterocycles. The topological polar surface area (TPSA) is 61.8 Å². The number of benzene rings is 1. The van der Waals surface area contributed by atoms with Crippen LogP contribution < -0.4 is 11.1 Å². The molecule has 0 unspecified atom stereocenters. The van der Waals surface area contributed by atoms with E-state index in [0.717, 1.165) is 12.2 Å². The molecule has 0 fully saturated rings. The van der Waals surface area contributed by atoms with E-state index < -0.39 is 0 Å². The third-order valence-electron chi connectivity index (χ3n) is 2.44. The Morgan fingerprint density at radius 3 is 2.69 bits per heavy atom. The Labute approximate surface area is 101 Å². The Morgan fingerprint density at radius 2 is 2.19 bits per heavy atom. The summed E-state index contributed by atoms with van der Waals surface area (Å²) < 4.78 is 0.183. The molecule has 1 rings (SSSR count). The molecular weight excluding hydrogens is 218 g/mol. The summed E-state index contributed by atoms with van der Waals surface area (Å²) in [7, 11) is 0. The third kappa shape index (κ3) is 3.35. The number of nitriles is 1. The van der Waals surface area contributed by atoms with E-state index in [1.807, 2.05) is 23.9 Å². The van der Waals surface area contributed by atoms with Gasteiger partial charge in [-0.05, 0) is 38.3 Å². The lowest BCUT2D eigenvalue weighted by atomic mass is 10.1. The van der Waals surface area contributed by atoms with E-state index in [4.69, 9.17) is 11.0 Å². The van der Waals surface area contributed by atoms with Crippen molar-refractivity contribution in [3.8, 4) is 6.07 Å². The van der Waals surface area contributed by atoms with Gasteiger partial charge in [0, 0.05) is 17.0 Å². The van der Waals surface area contributed by atoms with Crippen LogP contribution in [-0.2, 0) is 0 Å². The second-order valence-electron chi connectivity index (χ2n) is 4.23. The minimum absolute atomic E-state index is 0.183. The maximum absolute atomic E-state index is 8.75. The van der Waals surface area contributed by atoms with E-state index in [1.54, 1.807) is 12.1 Å². The van der Waals surface area contributed by atoms with Gasteiger partial charge in [0.1, 0.15) is 6.07 Å². The number of rotatable bonds is 4. The molecule has 3 N–H and O–H groups in total. The fourth-order valence-corrected chi connectivity index (χ4v) is 1.38. The van der Waals surface area contributed by atoms with Crippen LogP contribution in [0.25, 0.3) is 0 Å². The SMILES string of the molecule is CSC(C)(C)CNc1ccc(C#N)c(N)c1. The van der Waals surface area contributed by atoms with Gasteiger partial charge in [-0.2, -0.15) is 17.0 Å². The minimum atomic E-state index is 0.183. The molecule has 0 radical (unpaired) electrons. The van der Waals surface area contributed by atoms with Crippen LogP contribution in [0, 0.1) is 11.3 Å². The first-order chi connectivity index (χ1) is 7.48. The summed E-state index contributed by atoms with van der Waals surface area (Å²) in [6.45, 7) is 5.22. The first kappa shape index (κ1) is 12.7. The highest BCUT2D eigenvalue weighted by Gasteiger charge is 2.15. The monoisotopic (exact) mass is 235 g/mol.